The van der Waals surface area contributed by atoms with Crippen LogP contribution >= 0.6 is 23.7 Å². The molecule has 0 atom stereocenters. The predicted octanol–water partition coefficient (Wildman–Crippen LogP) is 1.83. The molecule has 0 aliphatic heterocycles. The third-order valence-corrected chi connectivity index (χ3v) is 5.99. The van der Waals surface area contributed by atoms with Crippen LogP contribution in [0.25, 0.3) is 0 Å². The summed E-state index contributed by atoms with van der Waals surface area (Å²) in [6.45, 7) is 1.98. The molecule has 3 N–H and O–H groups in total. The smallest absolute Gasteiger partial charge is 0.275 e. The van der Waals surface area contributed by atoms with Crippen molar-refractivity contribution in [3.05, 3.63) is 39.8 Å². The molecule has 1 heterocycles. The maximum atomic E-state index is 12.3. The monoisotopic (exact) mass is 390 g/mol. The van der Waals surface area contributed by atoms with Gasteiger partial charge >= 0.3 is 0 Å². The van der Waals surface area contributed by atoms with Gasteiger partial charge in [-0.25, -0.2) is 17.7 Å². The van der Waals surface area contributed by atoms with Crippen LogP contribution in [-0.4, -0.2) is 37.7 Å². The Balaban J connectivity index is 0.00000288. The van der Waals surface area contributed by atoms with Gasteiger partial charge in [-0.3, -0.25) is 4.79 Å². The van der Waals surface area contributed by atoms with E-state index < -0.39 is 15.9 Å². The van der Waals surface area contributed by atoms with Crippen LogP contribution in [0.3, 0.4) is 0 Å². The Bertz CT molecular complexity index is 834. The van der Waals surface area contributed by atoms with Crippen LogP contribution in [-0.2, 0) is 16.6 Å². The number of carbonyl (C=O) groups is 1. The molecule has 0 unspecified atom stereocenters. The molecule has 1 amide bonds. The Morgan fingerprint density at radius 3 is 2.58 bits per heavy atom. The van der Waals surface area contributed by atoms with Crippen LogP contribution < -0.4 is 11.1 Å². The lowest BCUT2D eigenvalue weighted by molar-refractivity contribution is 0.102. The fourth-order valence-corrected chi connectivity index (χ4v) is 3.66. The first-order chi connectivity index (χ1) is 10.8. The molecule has 0 saturated carbocycles. The number of amides is 1. The summed E-state index contributed by atoms with van der Waals surface area (Å²) >= 11 is 1.30. The summed E-state index contributed by atoms with van der Waals surface area (Å²) < 4.78 is 25.7. The van der Waals surface area contributed by atoms with Crippen LogP contribution in [0.4, 0.5) is 5.69 Å². The molecule has 132 valence electrons. The summed E-state index contributed by atoms with van der Waals surface area (Å²) in [4.78, 5) is 16.4. The molecular weight excluding hydrogens is 372 g/mol. The number of carbonyl (C=O) groups excluding carboxylic acids is 1. The number of benzene rings is 1. The molecule has 24 heavy (non-hydrogen) atoms. The zero-order valence-corrected chi connectivity index (χ0v) is 15.9. The van der Waals surface area contributed by atoms with E-state index in [1.807, 2.05) is 0 Å². The minimum absolute atomic E-state index is 0. The zero-order valence-electron chi connectivity index (χ0n) is 13.4. The average molecular weight is 391 g/mol. The molecule has 0 spiro atoms. The van der Waals surface area contributed by atoms with Crippen molar-refractivity contribution in [3.63, 3.8) is 0 Å². The molecule has 2 aromatic rings. The Morgan fingerprint density at radius 1 is 1.38 bits per heavy atom. The van der Waals surface area contributed by atoms with Crippen LogP contribution in [0, 0.1) is 6.92 Å². The quantitative estimate of drug-likeness (QED) is 0.810. The third-order valence-electron chi connectivity index (χ3n) is 3.16. The summed E-state index contributed by atoms with van der Waals surface area (Å²) in [5, 5.41) is 4.93. The van der Waals surface area contributed by atoms with Gasteiger partial charge in [0.05, 0.1) is 4.90 Å². The van der Waals surface area contributed by atoms with Gasteiger partial charge in [-0.2, -0.15) is 0 Å². The minimum Gasteiger partial charge on any atom is -0.325 e. The van der Waals surface area contributed by atoms with E-state index in [0.29, 0.717) is 16.3 Å². The van der Waals surface area contributed by atoms with Crippen molar-refractivity contribution >= 4 is 45.4 Å². The highest BCUT2D eigenvalue weighted by atomic mass is 35.5. The van der Waals surface area contributed by atoms with Gasteiger partial charge in [0.2, 0.25) is 10.0 Å². The average Bonchev–Trinajstić information content (AvgIpc) is 2.98. The molecule has 2 rings (SSSR count). The van der Waals surface area contributed by atoms with Gasteiger partial charge in [-0.1, -0.05) is 6.07 Å². The van der Waals surface area contributed by atoms with E-state index in [1.165, 1.54) is 31.5 Å². The van der Waals surface area contributed by atoms with E-state index in [2.05, 4.69) is 10.3 Å². The van der Waals surface area contributed by atoms with Gasteiger partial charge < -0.3 is 11.1 Å². The van der Waals surface area contributed by atoms with Crippen LogP contribution in [0.1, 0.15) is 21.1 Å². The normalized spacial score (nSPS) is 11.2. The molecular formula is C14H19ClN4O3S2. The van der Waals surface area contributed by atoms with Gasteiger partial charge in [-0.15, -0.1) is 23.7 Å². The Hall–Kier alpha value is -1.52. The summed E-state index contributed by atoms with van der Waals surface area (Å²) in [7, 11) is -0.654. The number of halogens is 1. The lowest BCUT2D eigenvalue weighted by Gasteiger charge is -2.15. The first-order valence-corrected chi connectivity index (χ1v) is 9.06. The van der Waals surface area contributed by atoms with Gasteiger partial charge in [0.15, 0.2) is 0 Å². The maximum absolute atomic E-state index is 12.3. The number of thiazole rings is 1. The summed E-state index contributed by atoms with van der Waals surface area (Å²) in [5.74, 6) is -0.405. The number of nitrogens with one attached hydrogen (secondary N) is 1. The van der Waals surface area contributed by atoms with Gasteiger partial charge in [0.1, 0.15) is 10.7 Å². The number of rotatable bonds is 5. The van der Waals surface area contributed by atoms with E-state index in [0.717, 1.165) is 4.31 Å². The zero-order chi connectivity index (χ0) is 17.2. The van der Waals surface area contributed by atoms with Crippen molar-refractivity contribution < 1.29 is 13.2 Å². The second-order valence-corrected chi connectivity index (χ2v) is 8.12. The molecule has 0 radical (unpaired) electrons. The van der Waals surface area contributed by atoms with Crippen molar-refractivity contribution in [2.45, 2.75) is 18.4 Å². The van der Waals surface area contributed by atoms with Gasteiger partial charge in [-0.05, 0) is 24.6 Å². The molecule has 0 fully saturated rings. The minimum atomic E-state index is -3.58. The van der Waals surface area contributed by atoms with Crippen molar-refractivity contribution in [1.29, 1.82) is 0 Å². The van der Waals surface area contributed by atoms with Crippen LogP contribution in [0.2, 0.25) is 0 Å². The van der Waals surface area contributed by atoms with Crippen LogP contribution in [0.15, 0.2) is 28.5 Å². The maximum Gasteiger partial charge on any atom is 0.275 e. The summed E-state index contributed by atoms with van der Waals surface area (Å²) in [6.07, 6.45) is 0. The molecule has 0 bridgehead atoms. The lowest BCUT2D eigenvalue weighted by atomic mass is 10.2. The van der Waals surface area contributed by atoms with Crippen molar-refractivity contribution in [3.8, 4) is 0 Å². The fourth-order valence-electron chi connectivity index (χ4n) is 1.86. The SMILES string of the molecule is Cc1ccc(NC(=O)c2csc(CN)n2)cc1S(=O)(=O)N(C)C.Cl. The molecule has 10 heteroatoms. The number of anilines is 1. The number of aromatic nitrogens is 1. The molecule has 1 aromatic carbocycles. The molecule has 7 nitrogen and oxygen atoms in total. The number of sulfonamides is 1. The number of nitrogens with two attached hydrogens (primary N) is 1. The number of aryl methyl sites for hydroxylation is 1. The highest BCUT2D eigenvalue weighted by Gasteiger charge is 2.20. The van der Waals surface area contributed by atoms with E-state index >= 15 is 0 Å². The Morgan fingerprint density at radius 2 is 2.04 bits per heavy atom. The Kier molecular flexibility index (Phi) is 6.87. The molecule has 1 aromatic heterocycles. The number of nitrogens with zero attached hydrogens (tertiary/aromatic N) is 2. The highest BCUT2D eigenvalue weighted by Crippen LogP contribution is 2.23. The van der Waals surface area contributed by atoms with Crippen LogP contribution in [0.5, 0.6) is 0 Å². The second-order valence-electron chi connectivity index (χ2n) is 5.05. The van der Waals surface area contributed by atoms with E-state index in [4.69, 9.17) is 5.73 Å². The van der Waals surface area contributed by atoms with Gasteiger partial charge in [0, 0.05) is 31.7 Å². The Labute approximate surface area is 151 Å². The standard InChI is InChI=1S/C14H18N4O3S2.ClH/c1-9-4-5-10(6-12(9)23(20,21)18(2)3)16-14(19)11-8-22-13(7-15)17-11;/h4-6,8H,7,15H2,1-3H3,(H,16,19);1H. The summed E-state index contributed by atoms with van der Waals surface area (Å²) in [5.41, 5.74) is 6.73. The van der Waals surface area contributed by atoms with Gasteiger partial charge in [0.25, 0.3) is 5.91 Å². The van der Waals surface area contributed by atoms with E-state index in [-0.39, 0.29) is 29.5 Å². The van der Waals surface area contributed by atoms with Crippen molar-refractivity contribution in [1.82, 2.24) is 9.29 Å². The second kappa shape index (κ2) is 8.04. The topological polar surface area (TPSA) is 105 Å². The predicted molar refractivity (Wildman–Crippen MR) is 97.3 cm³/mol. The van der Waals surface area contributed by atoms with E-state index in [1.54, 1.807) is 24.4 Å². The largest absolute Gasteiger partial charge is 0.325 e. The third kappa shape index (κ3) is 4.31. The van der Waals surface area contributed by atoms with Crippen molar-refractivity contribution in [2.75, 3.05) is 19.4 Å². The molecule has 0 aliphatic carbocycles. The lowest BCUT2D eigenvalue weighted by Crippen LogP contribution is -2.23. The number of hydrogen-bond donors (Lipinski definition) is 2. The first kappa shape index (κ1) is 20.5. The fraction of sp³-hybridized carbons (Fsp3) is 0.286. The highest BCUT2D eigenvalue weighted by molar-refractivity contribution is 7.89. The first-order valence-electron chi connectivity index (χ1n) is 6.74. The summed E-state index contributed by atoms with van der Waals surface area (Å²) in [6, 6.07) is 4.75. The molecule has 0 aliphatic rings. The van der Waals surface area contributed by atoms with E-state index in [9.17, 15) is 13.2 Å². The van der Waals surface area contributed by atoms with Crippen molar-refractivity contribution in [2.24, 2.45) is 5.73 Å². The molecule has 0 saturated heterocycles. The number of hydrogen-bond acceptors (Lipinski definition) is 6.